The SMILES string of the molecule is O=C(NCC1(N2CCCCC2)CCCCC1)C1(c2cccc(F)c2)CCOCC1. The predicted molar refractivity (Wildman–Crippen MR) is 112 cm³/mol. The molecule has 1 aromatic rings. The summed E-state index contributed by atoms with van der Waals surface area (Å²) in [5.41, 5.74) is 0.203. The lowest BCUT2D eigenvalue weighted by molar-refractivity contribution is -0.131. The van der Waals surface area contributed by atoms with Crippen LogP contribution in [0.2, 0.25) is 0 Å². The van der Waals surface area contributed by atoms with E-state index >= 15 is 0 Å². The van der Waals surface area contributed by atoms with Crippen molar-refractivity contribution in [3.05, 3.63) is 35.6 Å². The van der Waals surface area contributed by atoms with Crippen molar-refractivity contribution in [2.75, 3.05) is 32.8 Å². The van der Waals surface area contributed by atoms with Crippen molar-refractivity contribution < 1.29 is 13.9 Å². The highest BCUT2D eigenvalue weighted by molar-refractivity contribution is 5.88. The molecule has 3 fully saturated rings. The van der Waals surface area contributed by atoms with Crippen LogP contribution in [-0.4, -0.2) is 49.2 Å². The number of rotatable bonds is 5. The number of nitrogens with one attached hydrogen (secondary N) is 1. The first-order valence-electron chi connectivity index (χ1n) is 11.5. The molecule has 29 heavy (non-hydrogen) atoms. The van der Waals surface area contributed by atoms with E-state index in [1.165, 1.54) is 63.5 Å². The molecule has 4 rings (SSSR count). The van der Waals surface area contributed by atoms with Gasteiger partial charge in [0.2, 0.25) is 5.91 Å². The molecule has 5 heteroatoms. The molecular formula is C24H35FN2O2. The molecule has 0 atom stereocenters. The van der Waals surface area contributed by atoms with Crippen molar-refractivity contribution in [3.63, 3.8) is 0 Å². The summed E-state index contributed by atoms with van der Waals surface area (Å²) in [6, 6.07) is 6.59. The van der Waals surface area contributed by atoms with Gasteiger partial charge in [-0.1, -0.05) is 37.8 Å². The molecule has 3 aliphatic rings. The average Bonchev–Trinajstić information content (AvgIpc) is 2.79. The lowest BCUT2D eigenvalue weighted by Gasteiger charge is -2.49. The van der Waals surface area contributed by atoms with E-state index in [1.807, 2.05) is 6.07 Å². The van der Waals surface area contributed by atoms with Crippen molar-refractivity contribution in [2.24, 2.45) is 0 Å². The van der Waals surface area contributed by atoms with Gasteiger partial charge in [0.25, 0.3) is 0 Å². The molecular weight excluding hydrogens is 367 g/mol. The topological polar surface area (TPSA) is 41.6 Å². The first-order valence-corrected chi connectivity index (χ1v) is 11.5. The zero-order valence-electron chi connectivity index (χ0n) is 17.6. The zero-order chi connectivity index (χ0) is 20.2. The molecule has 0 spiro atoms. The number of piperidine rings is 1. The molecule has 2 saturated heterocycles. The van der Waals surface area contributed by atoms with E-state index in [0.717, 1.165) is 18.7 Å². The average molecular weight is 403 g/mol. The summed E-state index contributed by atoms with van der Waals surface area (Å²) >= 11 is 0. The second-order valence-corrected chi connectivity index (χ2v) is 9.22. The second kappa shape index (κ2) is 9.13. The number of benzene rings is 1. The first kappa shape index (κ1) is 20.8. The molecule has 0 bridgehead atoms. The van der Waals surface area contributed by atoms with Gasteiger partial charge >= 0.3 is 0 Å². The van der Waals surface area contributed by atoms with Gasteiger partial charge in [-0.15, -0.1) is 0 Å². The number of ether oxygens (including phenoxy) is 1. The van der Waals surface area contributed by atoms with Crippen molar-refractivity contribution in [3.8, 4) is 0 Å². The summed E-state index contributed by atoms with van der Waals surface area (Å²) in [7, 11) is 0. The molecule has 1 saturated carbocycles. The van der Waals surface area contributed by atoms with E-state index < -0.39 is 5.41 Å². The molecule has 0 unspecified atom stereocenters. The van der Waals surface area contributed by atoms with Gasteiger partial charge in [0.15, 0.2) is 0 Å². The maximum absolute atomic E-state index is 14.0. The van der Waals surface area contributed by atoms with Crippen LogP contribution in [-0.2, 0) is 14.9 Å². The van der Waals surface area contributed by atoms with Crippen molar-refractivity contribution in [2.45, 2.75) is 75.2 Å². The number of carbonyl (C=O) groups is 1. The Bertz CT molecular complexity index is 690. The van der Waals surface area contributed by atoms with Crippen molar-refractivity contribution in [1.29, 1.82) is 0 Å². The number of hydrogen-bond acceptors (Lipinski definition) is 3. The molecule has 1 amide bonds. The largest absolute Gasteiger partial charge is 0.381 e. The maximum Gasteiger partial charge on any atom is 0.230 e. The number of amides is 1. The summed E-state index contributed by atoms with van der Waals surface area (Å²) in [6.07, 6.45) is 11.2. The van der Waals surface area contributed by atoms with Crippen LogP contribution in [0.15, 0.2) is 24.3 Å². The normalized spacial score (nSPS) is 24.7. The minimum absolute atomic E-state index is 0.0494. The Morgan fingerprint density at radius 1 is 1.00 bits per heavy atom. The van der Waals surface area contributed by atoms with Gasteiger partial charge in [0.1, 0.15) is 5.82 Å². The third-order valence-electron chi connectivity index (χ3n) is 7.55. The highest BCUT2D eigenvalue weighted by Crippen LogP contribution is 2.38. The van der Waals surface area contributed by atoms with E-state index in [2.05, 4.69) is 10.2 Å². The Morgan fingerprint density at radius 2 is 1.69 bits per heavy atom. The summed E-state index contributed by atoms with van der Waals surface area (Å²) in [6.45, 7) is 4.10. The number of halogens is 1. The smallest absolute Gasteiger partial charge is 0.230 e. The highest BCUT2D eigenvalue weighted by Gasteiger charge is 2.44. The van der Waals surface area contributed by atoms with Gasteiger partial charge in [0, 0.05) is 25.3 Å². The number of nitrogens with zero attached hydrogens (tertiary/aromatic N) is 1. The van der Waals surface area contributed by atoms with Crippen LogP contribution in [0, 0.1) is 5.82 Å². The van der Waals surface area contributed by atoms with E-state index in [1.54, 1.807) is 6.07 Å². The molecule has 4 nitrogen and oxygen atoms in total. The van der Waals surface area contributed by atoms with Gasteiger partial charge in [-0.05, 0) is 69.3 Å². The minimum Gasteiger partial charge on any atom is -0.381 e. The van der Waals surface area contributed by atoms with Crippen molar-refractivity contribution >= 4 is 5.91 Å². The number of likely N-dealkylation sites (tertiary alicyclic amines) is 1. The zero-order valence-corrected chi connectivity index (χ0v) is 17.6. The second-order valence-electron chi connectivity index (χ2n) is 9.22. The Balaban J connectivity index is 1.53. The number of hydrogen-bond donors (Lipinski definition) is 1. The monoisotopic (exact) mass is 402 g/mol. The van der Waals surface area contributed by atoms with Gasteiger partial charge in [-0.2, -0.15) is 0 Å². The molecule has 1 aliphatic carbocycles. The molecule has 2 heterocycles. The Kier molecular flexibility index (Phi) is 6.55. The van der Waals surface area contributed by atoms with Crippen LogP contribution in [0.4, 0.5) is 4.39 Å². The molecule has 160 valence electrons. The highest BCUT2D eigenvalue weighted by atomic mass is 19.1. The summed E-state index contributed by atoms with van der Waals surface area (Å²) in [4.78, 5) is 16.3. The van der Waals surface area contributed by atoms with Crippen LogP contribution in [0.1, 0.15) is 69.8 Å². The van der Waals surface area contributed by atoms with Gasteiger partial charge in [0.05, 0.1) is 5.41 Å². The van der Waals surface area contributed by atoms with Crippen LogP contribution < -0.4 is 5.32 Å². The quantitative estimate of drug-likeness (QED) is 0.803. The summed E-state index contributed by atoms with van der Waals surface area (Å²) in [5.74, 6) is -0.230. The van der Waals surface area contributed by atoms with E-state index in [4.69, 9.17) is 4.74 Å². The van der Waals surface area contributed by atoms with Crippen LogP contribution in [0.5, 0.6) is 0 Å². The summed E-state index contributed by atoms with van der Waals surface area (Å²) < 4.78 is 19.5. The van der Waals surface area contributed by atoms with Crippen LogP contribution in [0.25, 0.3) is 0 Å². The molecule has 0 aromatic heterocycles. The lowest BCUT2D eigenvalue weighted by atomic mass is 9.72. The standard InChI is InChI=1S/C24H35FN2O2/c25-21-9-7-8-20(18-21)24(12-16-29-17-13-24)22(28)26-19-23(10-3-1-4-11-23)27-14-5-2-6-15-27/h7-9,18H,1-6,10-17,19H2,(H,26,28). The predicted octanol–water partition coefficient (Wildman–Crippen LogP) is 4.18. The van der Waals surface area contributed by atoms with E-state index in [-0.39, 0.29) is 17.3 Å². The molecule has 1 aromatic carbocycles. The van der Waals surface area contributed by atoms with E-state index in [9.17, 15) is 9.18 Å². The third-order valence-corrected chi connectivity index (χ3v) is 7.55. The fourth-order valence-corrected chi connectivity index (χ4v) is 5.75. The Labute approximate surface area is 174 Å². The lowest BCUT2D eigenvalue weighted by Crippen LogP contribution is -2.60. The number of carbonyl (C=O) groups excluding carboxylic acids is 1. The fourth-order valence-electron chi connectivity index (χ4n) is 5.75. The van der Waals surface area contributed by atoms with Crippen molar-refractivity contribution in [1.82, 2.24) is 10.2 Å². The fraction of sp³-hybridized carbons (Fsp3) is 0.708. The minimum atomic E-state index is -0.682. The van der Waals surface area contributed by atoms with E-state index in [0.29, 0.717) is 32.6 Å². The van der Waals surface area contributed by atoms with Gasteiger partial charge in [-0.3, -0.25) is 9.69 Å². The Hall–Kier alpha value is -1.46. The molecule has 2 aliphatic heterocycles. The van der Waals surface area contributed by atoms with Crippen LogP contribution >= 0.6 is 0 Å². The third kappa shape index (κ3) is 4.36. The molecule has 1 N–H and O–H groups in total. The summed E-state index contributed by atoms with van der Waals surface area (Å²) in [5, 5.41) is 3.36. The maximum atomic E-state index is 14.0. The molecule has 0 radical (unpaired) electrons. The van der Waals surface area contributed by atoms with Gasteiger partial charge < -0.3 is 10.1 Å². The van der Waals surface area contributed by atoms with Gasteiger partial charge in [-0.25, -0.2) is 4.39 Å². The van der Waals surface area contributed by atoms with Crippen LogP contribution in [0.3, 0.4) is 0 Å². The first-order chi connectivity index (χ1) is 14.1. The Morgan fingerprint density at radius 3 is 2.38 bits per heavy atom.